The Morgan fingerprint density at radius 1 is 0.507 bits per heavy atom. The summed E-state index contributed by atoms with van der Waals surface area (Å²) in [5.74, 6) is -2.63. The van der Waals surface area contributed by atoms with Crippen molar-refractivity contribution in [3.63, 3.8) is 0 Å². The van der Waals surface area contributed by atoms with E-state index in [0.29, 0.717) is 5.56 Å². The van der Waals surface area contributed by atoms with Gasteiger partial charge in [0.25, 0.3) is 0 Å². The summed E-state index contributed by atoms with van der Waals surface area (Å²) in [6, 6.07) is 10.9. The summed E-state index contributed by atoms with van der Waals surface area (Å²) in [4.78, 5) is 23.0. The van der Waals surface area contributed by atoms with Crippen LogP contribution in [0.25, 0.3) is 45.2 Å². The minimum Gasteiger partial charge on any atom is -0.870 e. The first kappa shape index (κ1) is 59.3. The number of hydrogen-bond donors (Lipinski definition) is 1. The van der Waals surface area contributed by atoms with Crippen molar-refractivity contribution in [2.24, 2.45) is 0 Å². The number of carbonyl (C=O) groups excluding carboxylic acids is 1. The Bertz CT molecular complexity index is 2810. The molecular formula is C39H17Cl6F14N2NaO7. The summed E-state index contributed by atoms with van der Waals surface area (Å²) < 4.78 is 200. The molecule has 2 heterocycles. The second-order valence-corrected chi connectivity index (χ2v) is 15.7. The van der Waals surface area contributed by atoms with Crippen LogP contribution in [0.4, 0.5) is 61.5 Å². The zero-order valence-electron chi connectivity index (χ0n) is 33.3. The Morgan fingerprint density at radius 2 is 0.812 bits per heavy atom. The zero-order chi connectivity index (χ0) is 50.6. The van der Waals surface area contributed by atoms with Gasteiger partial charge in [-0.1, -0.05) is 92.1 Å². The minimum absolute atomic E-state index is 0. The molecule has 0 saturated heterocycles. The summed E-state index contributed by atoms with van der Waals surface area (Å²) in [5, 5.41) is 13.5. The van der Waals surface area contributed by atoms with Gasteiger partial charge in [-0.2, -0.15) is 52.7 Å². The number of carboxylic acids is 1. The number of alkyl halides is 14. The van der Waals surface area contributed by atoms with Crippen molar-refractivity contribution in [1.82, 2.24) is 10.3 Å². The zero-order valence-corrected chi connectivity index (χ0v) is 39.9. The summed E-state index contributed by atoms with van der Waals surface area (Å²) >= 11 is 35.2. The molecular weight excluding hydrogens is 1110 g/mol. The first-order chi connectivity index (χ1) is 30.7. The van der Waals surface area contributed by atoms with Gasteiger partial charge < -0.3 is 24.4 Å². The molecule has 6 aromatic rings. The van der Waals surface area contributed by atoms with Crippen LogP contribution >= 0.6 is 69.6 Å². The van der Waals surface area contributed by atoms with Gasteiger partial charge >= 0.3 is 77.5 Å². The van der Waals surface area contributed by atoms with Crippen LogP contribution in [0.5, 0.6) is 0 Å². The number of carbonyl (C=O) groups is 2. The van der Waals surface area contributed by atoms with Crippen molar-refractivity contribution in [3.05, 3.63) is 125 Å². The average molecular weight is 1130 g/mol. The molecule has 9 nitrogen and oxygen atoms in total. The molecule has 0 saturated carbocycles. The van der Waals surface area contributed by atoms with Crippen molar-refractivity contribution in [2.75, 3.05) is 7.11 Å². The van der Waals surface area contributed by atoms with Gasteiger partial charge in [0, 0.05) is 34.4 Å². The second-order valence-electron chi connectivity index (χ2n) is 13.3. The van der Waals surface area contributed by atoms with Crippen LogP contribution in [0.1, 0.15) is 31.8 Å². The number of aromatic carboxylic acids is 1. The maximum atomic E-state index is 14.4. The molecule has 6 rings (SSSR count). The van der Waals surface area contributed by atoms with Crippen LogP contribution in [-0.4, -0.2) is 64.6 Å². The van der Waals surface area contributed by atoms with Gasteiger partial charge in [0.1, 0.15) is 11.4 Å². The number of nitrogens with zero attached hydrogens (tertiary/aromatic N) is 2. The molecule has 0 radical (unpaired) electrons. The van der Waals surface area contributed by atoms with E-state index in [9.17, 15) is 71.1 Å². The van der Waals surface area contributed by atoms with E-state index in [1.807, 2.05) is 0 Å². The van der Waals surface area contributed by atoms with E-state index in [1.54, 1.807) is 0 Å². The third kappa shape index (κ3) is 11.5. The SMILES string of the molecule is COC(=O)c1cc(-c2cc(-c3c(Cl)cc(C(F)(C(F)(F)F)C(F)(F)F)cc3Cl)on2)ccc1Cl.O=C(O)c1cc(-c2cc(-c3c(Cl)cc(C(F)(C(F)(F)F)C(F)(F)F)cc3Cl)on2)ccc1Cl.[Na+].[OH-]. The Labute approximate surface area is 427 Å². The summed E-state index contributed by atoms with van der Waals surface area (Å²) in [6.07, 6.45) is -25.4. The standard InChI is InChI=1S/C20H9Cl3F7NO3.C19H7Cl3F7NO3.Na.H2O/c1-33-17(32)10-4-8(2-3-11(10)21)14-7-15(34-31-14)16-12(22)5-9(6-13(16)23)18(24,19(25,26)27)20(28,29)30;20-10-2-1-7(3-9(10)16(31)32)13-6-14(33-30-13)15-11(21)4-8(5-12(15)22)17(23,18(24,25)26)19(27,28)29;;/h2-7H,1H3;1-6H,(H,31,32);;1H2/q;;+1;/p-1. The Kier molecular flexibility index (Phi) is 18.3. The van der Waals surface area contributed by atoms with Gasteiger partial charge in [-0.05, 0) is 48.5 Å². The summed E-state index contributed by atoms with van der Waals surface area (Å²) in [7, 11) is 1.14. The number of hydrogen-bond acceptors (Lipinski definition) is 8. The average Bonchev–Trinajstić information content (AvgIpc) is 3.89. The molecule has 0 amide bonds. The Hall–Kier alpha value is -4.04. The van der Waals surface area contributed by atoms with E-state index in [4.69, 9.17) is 83.8 Å². The fourth-order valence-corrected chi connectivity index (χ4v) is 7.59. The van der Waals surface area contributed by atoms with E-state index in [2.05, 4.69) is 15.1 Å². The Morgan fingerprint density at radius 3 is 1.10 bits per heavy atom. The molecule has 0 aliphatic heterocycles. The Balaban J connectivity index is 0.000000355. The topological polar surface area (TPSA) is 146 Å². The second kappa shape index (κ2) is 21.4. The molecule has 366 valence electrons. The molecule has 0 bridgehead atoms. The first-order valence-electron chi connectivity index (χ1n) is 17.2. The van der Waals surface area contributed by atoms with Crippen LogP contribution in [0, 0.1) is 0 Å². The van der Waals surface area contributed by atoms with Gasteiger partial charge in [-0.15, -0.1) is 0 Å². The molecule has 2 N–H and O–H groups in total. The number of halogens is 20. The maximum absolute atomic E-state index is 14.4. The molecule has 0 atom stereocenters. The fraction of sp³-hybridized carbons (Fsp3) is 0.179. The summed E-state index contributed by atoms with van der Waals surface area (Å²) in [6.45, 7) is 0. The number of methoxy groups -OCH3 is 1. The van der Waals surface area contributed by atoms with Crippen molar-refractivity contribution in [2.45, 2.75) is 36.0 Å². The van der Waals surface area contributed by atoms with Crippen LogP contribution < -0.4 is 29.6 Å². The van der Waals surface area contributed by atoms with E-state index in [0.717, 1.165) is 19.2 Å². The molecule has 0 unspecified atom stereocenters. The molecule has 30 heteroatoms. The van der Waals surface area contributed by atoms with Crippen LogP contribution in [-0.2, 0) is 16.1 Å². The molecule has 69 heavy (non-hydrogen) atoms. The predicted octanol–water partition coefficient (Wildman–Crippen LogP) is 12.8. The number of rotatable bonds is 8. The largest absolute Gasteiger partial charge is 1.00 e. The van der Waals surface area contributed by atoms with Gasteiger partial charge in [-0.25, -0.2) is 18.4 Å². The van der Waals surface area contributed by atoms with E-state index in [1.165, 1.54) is 36.4 Å². The van der Waals surface area contributed by atoms with Gasteiger partial charge in [0.15, 0.2) is 11.5 Å². The molecule has 0 aliphatic carbocycles. The third-order valence-electron chi connectivity index (χ3n) is 9.12. The maximum Gasteiger partial charge on any atom is 1.00 e. The number of benzene rings is 4. The molecule has 2 aromatic heterocycles. The van der Waals surface area contributed by atoms with E-state index in [-0.39, 0.29) is 120 Å². The normalized spacial score (nSPS) is 12.4. The van der Waals surface area contributed by atoms with Crippen molar-refractivity contribution < 1.29 is 125 Å². The van der Waals surface area contributed by atoms with E-state index >= 15 is 0 Å². The molecule has 4 aromatic carbocycles. The predicted molar refractivity (Wildman–Crippen MR) is 215 cm³/mol. The number of esters is 1. The first-order valence-corrected chi connectivity index (χ1v) is 19.5. The van der Waals surface area contributed by atoms with Gasteiger partial charge in [0.2, 0.25) is 0 Å². The monoisotopic (exact) mass is 1120 g/mol. The van der Waals surface area contributed by atoms with Crippen molar-refractivity contribution in [1.29, 1.82) is 0 Å². The van der Waals surface area contributed by atoms with Crippen molar-refractivity contribution >= 4 is 81.5 Å². The number of aromatic nitrogens is 2. The number of ether oxygens (including phenoxy) is 1. The van der Waals surface area contributed by atoms with Crippen LogP contribution in [0.3, 0.4) is 0 Å². The third-order valence-corrected chi connectivity index (χ3v) is 11.0. The number of carboxylic acid groups (broad SMARTS) is 1. The van der Waals surface area contributed by atoms with Gasteiger partial charge in [0.05, 0.1) is 59.5 Å². The molecule has 0 aliphatic rings. The fourth-order valence-electron chi connectivity index (χ4n) is 5.85. The van der Waals surface area contributed by atoms with Crippen molar-refractivity contribution in [3.8, 4) is 45.2 Å². The smallest absolute Gasteiger partial charge is 0.870 e. The van der Waals surface area contributed by atoms with Crippen LogP contribution in [0.15, 0.2) is 81.8 Å². The van der Waals surface area contributed by atoms with Gasteiger partial charge in [-0.3, -0.25) is 0 Å². The van der Waals surface area contributed by atoms with Crippen LogP contribution in [0.2, 0.25) is 30.1 Å². The molecule has 0 spiro atoms. The minimum atomic E-state index is -6.35. The quantitative estimate of drug-likeness (QED) is 0.0894. The molecule has 0 fully saturated rings. The van der Waals surface area contributed by atoms with E-state index < -0.39 is 79.2 Å². The summed E-state index contributed by atoms with van der Waals surface area (Å²) in [5.41, 5.74) is -15.5.